The van der Waals surface area contributed by atoms with Gasteiger partial charge in [0.15, 0.2) is 0 Å². The minimum absolute atomic E-state index is 0.0708. The molecule has 12 nitrogen and oxygen atoms in total. The Bertz CT molecular complexity index is 2080. The molecule has 1 atom stereocenters. The number of carbonyl (C=O) groups excluding carboxylic acids is 4. The van der Waals surface area contributed by atoms with Crippen LogP contribution in [0.1, 0.15) is 44.7 Å². The molecule has 3 aromatic carbocycles. The zero-order valence-electron chi connectivity index (χ0n) is 26.3. The van der Waals surface area contributed by atoms with Crippen LogP contribution in [0.3, 0.4) is 0 Å². The third-order valence-corrected chi connectivity index (χ3v) is 9.03. The van der Waals surface area contributed by atoms with E-state index in [2.05, 4.69) is 55.2 Å². The van der Waals surface area contributed by atoms with Crippen molar-refractivity contribution in [3.63, 3.8) is 0 Å². The maximum absolute atomic E-state index is 13.3. The Morgan fingerprint density at radius 3 is 2.57 bits per heavy atom. The van der Waals surface area contributed by atoms with Gasteiger partial charge in [-0.1, -0.05) is 60.1 Å². The number of nitrogens with zero attached hydrogens (tertiary/aromatic N) is 3. The van der Waals surface area contributed by atoms with Crippen molar-refractivity contribution in [2.75, 3.05) is 30.4 Å². The standard InChI is InChI=1S/C36H32ClN7O5/c37-26-6-2-1-4-23(26)19-39-32-25-18-28(42-33(25)41-20-40-32)22-10-8-21(9-11-22)14-16-49-17-15-38-27-7-3-5-24-31(27)36(48)44(35(24)47)29-12-13-30(45)43-34(29)46/h1-11,18,20,29,38H,12-17,19H2,(H,43,45,46)(H2,39,40,41,42). The van der Waals surface area contributed by atoms with E-state index in [0.717, 1.165) is 44.1 Å². The lowest BCUT2D eigenvalue weighted by atomic mass is 10.0. The molecular formula is C36H32ClN7O5. The van der Waals surface area contributed by atoms with E-state index >= 15 is 0 Å². The smallest absolute Gasteiger partial charge is 0.264 e. The number of aromatic nitrogens is 3. The fourth-order valence-corrected chi connectivity index (χ4v) is 6.32. The molecule has 2 aliphatic heterocycles. The molecule has 0 aliphatic carbocycles. The summed E-state index contributed by atoms with van der Waals surface area (Å²) >= 11 is 6.31. The first-order chi connectivity index (χ1) is 23.9. The SMILES string of the molecule is O=C1CCC(N2C(=O)c3cccc(NCCOCCc4ccc(-c5cc6c(NCc7ccccc7Cl)ncnc6[nH]5)cc4)c3C2=O)C(=O)N1. The van der Waals surface area contributed by atoms with Crippen LogP contribution in [0.25, 0.3) is 22.3 Å². The number of fused-ring (bicyclic) bond motifs is 2. The molecule has 248 valence electrons. The van der Waals surface area contributed by atoms with Gasteiger partial charge in [-0.05, 0) is 53.8 Å². The molecule has 1 unspecified atom stereocenters. The van der Waals surface area contributed by atoms with E-state index < -0.39 is 29.7 Å². The van der Waals surface area contributed by atoms with E-state index in [9.17, 15) is 19.2 Å². The number of nitrogens with one attached hydrogen (secondary N) is 4. The molecule has 13 heteroatoms. The summed E-state index contributed by atoms with van der Waals surface area (Å²) in [5.74, 6) is -1.41. The molecule has 7 rings (SSSR count). The van der Waals surface area contributed by atoms with Crippen LogP contribution < -0.4 is 16.0 Å². The molecule has 49 heavy (non-hydrogen) atoms. The van der Waals surface area contributed by atoms with Gasteiger partial charge in [0.1, 0.15) is 23.8 Å². The van der Waals surface area contributed by atoms with E-state index in [1.165, 1.54) is 6.33 Å². The third kappa shape index (κ3) is 6.60. The highest BCUT2D eigenvalue weighted by Gasteiger charge is 2.45. The quantitative estimate of drug-likeness (QED) is 0.106. The largest absolute Gasteiger partial charge is 0.382 e. The highest BCUT2D eigenvalue weighted by molar-refractivity contribution is 6.31. The van der Waals surface area contributed by atoms with Crippen molar-refractivity contribution < 1.29 is 23.9 Å². The average Bonchev–Trinajstić information content (AvgIpc) is 3.66. The predicted molar refractivity (Wildman–Crippen MR) is 184 cm³/mol. The van der Waals surface area contributed by atoms with Crippen molar-refractivity contribution in [1.82, 2.24) is 25.2 Å². The number of piperidine rings is 1. The number of imide groups is 2. The van der Waals surface area contributed by atoms with Crippen LogP contribution >= 0.6 is 11.6 Å². The molecule has 0 saturated carbocycles. The Balaban J connectivity index is 0.901. The molecule has 0 spiro atoms. The summed E-state index contributed by atoms with van der Waals surface area (Å²) in [6.45, 7) is 1.83. The maximum Gasteiger partial charge on any atom is 0.264 e. The van der Waals surface area contributed by atoms with Gasteiger partial charge in [-0.3, -0.25) is 29.4 Å². The van der Waals surface area contributed by atoms with Gasteiger partial charge in [0.25, 0.3) is 11.8 Å². The summed E-state index contributed by atoms with van der Waals surface area (Å²) in [5.41, 5.74) is 5.74. The van der Waals surface area contributed by atoms with Gasteiger partial charge < -0.3 is 20.4 Å². The van der Waals surface area contributed by atoms with Crippen LogP contribution in [-0.2, 0) is 27.3 Å². The average molecular weight is 678 g/mol. The number of amides is 4. The zero-order valence-corrected chi connectivity index (χ0v) is 27.0. The molecule has 1 fully saturated rings. The van der Waals surface area contributed by atoms with Gasteiger partial charge in [0.2, 0.25) is 11.8 Å². The van der Waals surface area contributed by atoms with Gasteiger partial charge in [-0.15, -0.1) is 0 Å². The number of carbonyl (C=O) groups is 4. The number of halogens is 1. The van der Waals surface area contributed by atoms with E-state index in [1.807, 2.05) is 30.3 Å². The molecule has 2 aliphatic rings. The number of ether oxygens (including phenoxy) is 1. The van der Waals surface area contributed by atoms with E-state index in [1.54, 1.807) is 18.2 Å². The summed E-state index contributed by atoms with van der Waals surface area (Å²) in [7, 11) is 0. The highest BCUT2D eigenvalue weighted by atomic mass is 35.5. The molecule has 4 amide bonds. The number of hydrogen-bond acceptors (Lipinski definition) is 9. The molecule has 0 bridgehead atoms. The summed E-state index contributed by atoms with van der Waals surface area (Å²) in [4.78, 5) is 63.4. The second kappa shape index (κ2) is 13.9. The number of H-pyrrole nitrogens is 1. The molecule has 2 aromatic heterocycles. The van der Waals surface area contributed by atoms with Gasteiger partial charge in [0, 0.05) is 35.9 Å². The molecule has 5 aromatic rings. The summed E-state index contributed by atoms with van der Waals surface area (Å²) in [6, 6.07) is 21.9. The predicted octanol–water partition coefficient (Wildman–Crippen LogP) is 4.96. The molecule has 1 saturated heterocycles. The van der Waals surface area contributed by atoms with Crippen molar-refractivity contribution >= 4 is 57.8 Å². The topological polar surface area (TPSA) is 158 Å². The minimum atomic E-state index is -1.01. The van der Waals surface area contributed by atoms with E-state index in [4.69, 9.17) is 16.3 Å². The summed E-state index contributed by atoms with van der Waals surface area (Å²) < 4.78 is 5.85. The van der Waals surface area contributed by atoms with Crippen molar-refractivity contribution in [2.45, 2.75) is 31.8 Å². The second-order valence-corrected chi connectivity index (χ2v) is 12.2. The minimum Gasteiger partial charge on any atom is -0.382 e. The van der Waals surface area contributed by atoms with Crippen LogP contribution in [0.5, 0.6) is 0 Å². The monoisotopic (exact) mass is 677 g/mol. The molecule has 4 heterocycles. The molecule has 4 N–H and O–H groups in total. The van der Waals surface area contributed by atoms with Gasteiger partial charge >= 0.3 is 0 Å². The summed E-state index contributed by atoms with van der Waals surface area (Å²) in [5, 5.41) is 10.4. The van der Waals surface area contributed by atoms with E-state index in [0.29, 0.717) is 43.4 Å². The third-order valence-electron chi connectivity index (χ3n) is 8.66. The summed E-state index contributed by atoms with van der Waals surface area (Å²) in [6.07, 6.45) is 2.42. The van der Waals surface area contributed by atoms with Gasteiger partial charge in [-0.2, -0.15) is 0 Å². The van der Waals surface area contributed by atoms with Gasteiger partial charge in [0.05, 0.1) is 29.7 Å². The first-order valence-electron chi connectivity index (χ1n) is 15.9. The Hall–Kier alpha value is -5.59. The zero-order chi connectivity index (χ0) is 33.9. The Morgan fingerprint density at radius 1 is 0.918 bits per heavy atom. The second-order valence-electron chi connectivity index (χ2n) is 11.8. The van der Waals surface area contributed by atoms with Crippen LogP contribution in [0.15, 0.2) is 79.1 Å². The highest BCUT2D eigenvalue weighted by Crippen LogP contribution is 2.32. The molecular weight excluding hydrogens is 646 g/mol. The fourth-order valence-electron chi connectivity index (χ4n) is 6.12. The lowest BCUT2D eigenvalue weighted by Gasteiger charge is -2.27. The normalized spacial score (nSPS) is 15.9. The van der Waals surface area contributed by atoms with Crippen molar-refractivity contribution in [2.24, 2.45) is 0 Å². The van der Waals surface area contributed by atoms with Crippen LogP contribution in [0, 0.1) is 0 Å². The van der Waals surface area contributed by atoms with Crippen molar-refractivity contribution in [3.8, 4) is 11.3 Å². The number of anilines is 2. The van der Waals surface area contributed by atoms with Crippen LogP contribution in [0.2, 0.25) is 5.02 Å². The number of benzene rings is 3. The number of hydrogen-bond donors (Lipinski definition) is 4. The molecule has 0 radical (unpaired) electrons. The van der Waals surface area contributed by atoms with E-state index in [-0.39, 0.29) is 24.0 Å². The van der Waals surface area contributed by atoms with Crippen LogP contribution in [0.4, 0.5) is 11.5 Å². The lowest BCUT2D eigenvalue weighted by molar-refractivity contribution is -0.136. The Labute approximate surface area is 286 Å². The van der Waals surface area contributed by atoms with Gasteiger partial charge in [-0.25, -0.2) is 9.97 Å². The Morgan fingerprint density at radius 2 is 1.76 bits per heavy atom. The first kappa shape index (κ1) is 32.0. The fraction of sp³-hybridized carbons (Fsp3) is 0.222. The maximum atomic E-state index is 13.3. The van der Waals surface area contributed by atoms with Crippen molar-refractivity contribution in [1.29, 1.82) is 0 Å². The van der Waals surface area contributed by atoms with Crippen molar-refractivity contribution in [3.05, 3.63) is 106 Å². The first-order valence-corrected chi connectivity index (χ1v) is 16.3. The number of rotatable bonds is 12. The van der Waals surface area contributed by atoms with Crippen LogP contribution in [-0.4, -0.2) is 69.3 Å². The number of aromatic amines is 1. The lowest BCUT2D eigenvalue weighted by Crippen LogP contribution is -2.54. The Kier molecular flexibility index (Phi) is 9.05.